The van der Waals surface area contributed by atoms with Gasteiger partial charge in [-0.2, -0.15) is 0 Å². The molecule has 4 heterocycles. The molecule has 316 valence electrons. The average Bonchev–Trinajstić information content (AvgIpc) is 3.51. The lowest BCUT2D eigenvalue weighted by Gasteiger charge is -2.47. The number of cyclic esters (lactones) is 1. The number of rotatable bonds is 10. The van der Waals surface area contributed by atoms with Crippen LogP contribution < -0.4 is 16.0 Å². The first kappa shape index (κ1) is 44.5. The highest BCUT2D eigenvalue weighted by atomic mass is 16.7. The summed E-state index contributed by atoms with van der Waals surface area (Å²) in [4.78, 5) is 51.0. The van der Waals surface area contributed by atoms with E-state index >= 15 is 0 Å². The van der Waals surface area contributed by atoms with E-state index in [4.69, 9.17) is 23.7 Å². The fraction of sp³-hybridized carbons (Fsp3) is 0.690. The second-order valence-corrected chi connectivity index (χ2v) is 16.9. The molecule has 3 aliphatic rings. The zero-order chi connectivity index (χ0) is 41.7. The molecule has 0 aliphatic carbocycles. The summed E-state index contributed by atoms with van der Waals surface area (Å²) in [6, 6.07) is 7.08. The molecule has 0 radical (unpaired) electrons. The van der Waals surface area contributed by atoms with Crippen LogP contribution in [0, 0.1) is 17.8 Å². The van der Waals surface area contributed by atoms with E-state index in [1.54, 1.807) is 33.4 Å². The highest BCUT2D eigenvalue weighted by molar-refractivity contribution is 6.00. The maximum absolute atomic E-state index is 14.4. The number of hydrogen-bond acceptors (Lipinski definition) is 14. The van der Waals surface area contributed by atoms with Crippen LogP contribution in [-0.2, 0) is 39.8 Å². The standard InChI is InChI=1S/C42H64N6O9/c1-11-33-42(7)36(47-40(52)57-42)27(5)46-18-24(2)17-41(6,53-10)37(25(3)34(49)26(4)38(51)55-33)56-39-35(50)32(48(8)9)16-31(54-39)22-43-19-28-13-12-14-29(15-28)30-20-44-23-45-21-30/h12-15,20-21,23-27,31-33,35-37,39,43,46,50H,11,16-19,22H2,1-10H3,(H,47,52)/t24-,25+,26?,27-,31+,32?,33+,35?,36-,37-,39+,41-,42-/m1/s1. The first-order valence-electron chi connectivity index (χ1n) is 20.2. The van der Waals surface area contributed by atoms with Crippen LogP contribution in [0.2, 0.25) is 0 Å². The van der Waals surface area contributed by atoms with E-state index in [0.29, 0.717) is 38.9 Å². The minimum absolute atomic E-state index is 0.00549. The second kappa shape index (κ2) is 19.0. The predicted octanol–water partition coefficient (Wildman–Crippen LogP) is 3.48. The third kappa shape index (κ3) is 10.2. The van der Waals surface area contributed by atoms with E-state index in [9.17, 15) is 19.5 Å². The number of amides is 1. The number of Topliss-reactive ketones (excluding diaryl/α,β-unsaturated/α-hetero) is 1. The molecule has 15 heteroatoms. The summed E-state index contributed by atoms with van der Waals surface area (Å²) in [5.74, 6) is -3.20. The third-order valence-electron chi connectivity index (χ3n) is 12.2. The molecule has 13 atom stereocenters. The Hall–Kier alpha value is -3.57. The largest absolute Gasteiger partial charge is 0.458 e. The van der Waals surface area contributed by atoms with Crippen LogP contribution in [0.5, 0.6) is 0 Å². The van der Waals surface area contributed by atoms with Crippen molar-refractivity contribution in [2.75, 3.05) is 34.3 Å². The molecule has 1 aromatic carbocycles. The zero-order valence-electron chi connectivity index (χ0n) is 35.2. The molecular formula is C42H64N6O9. The van der Waals surface area contributed by atoms with Crippen molar-refractivity contribution in [1.29, 1.82) is 0 Å². The van der Waals surface area contributed by atoms with Crippen molar-refractivity contribution < 1.29 is 43.2 Å². The molecule has 1 amide bonds. The van der Waals surface area contributed by atoms with Crippen molar-refractivity contribution in [3.63, 3.8) is 0 Å². The Morgan fingerprint density at radius 2 is 1.79 bits per heavy atom. The lowest BCUT2D eigenvalue weighted by Crippen LogP contribution is -2.60. The summed E-state index contributed by atoms with van der Waals surface area (Å²) in [6.45, 7) is 14.4. The van der Waals surface area contributed by atoms with E-state index in [1.165, 1.54) is 13.3 Å². The van der Waals surface area contributed by atoms with Gasteiger partial charge >= 0.3 is 12.1 Å². The molecule has 0 spiro atoms. The summed E-state index contributed by atoms with van der Waals surface area (Å²) in [5.41, 5.74) is 0.782. The molecule has 2 aromatic rings. The Morgan fingerprint density at radius 3 is 2.46 bits per heavy atom. The number of benzene rings is 1. The van der Waals surface area contributed by atoms with Gasteiger partial charge in [0.25, 0.3) is 0 Å². The topological polar surface area (TPSA) is 183 Å². The van der Waals surface area contributed by atoms with Gasteiger partial charge in [0.15, 0.2) is 17.7 Å². The summed E-state index contributed by atoms with van der Waals surface area (Å²) in [5, 5.41) is 21.8. The number of carbonyl (C=O) groups is 3. The Balaban J connectivity index is 1.38. The number of ketones is 1. The number of hydrogen-bond donors (Lipinski definition) is 4. The van der Waals surface area contributed by atoms with E-state index in [1.807, 2.05) is 58.0 Å². The van der Waals surface area contributed by atoms with Crippen molar-refractivity contribution >= 4 is 17.8 Å². The molecule has 5 rings (SSSR count). The number of aliphatic hydroxyl groups is 1. The quantitative estimate of drug-likeness (QED) is 0.203. The molecule has 57 heavy (non-hydrogen) atoms. The monoisotopic (exact) mass is 796 g/mol. The fourth-order valence-electron chi connectivity index (χ4n) is 8.84. The van der Waals surface area contributed by atoms with Gasteiger partial charge in [0.1, 0.15) is 24.5 Å². The number of carbonyl (C=O) groups excluding carboxylic acids is 3. The van der Waals surface area contributed by atoms with Crippen molar-refractivity contribution in [2.24, 2.45) is 17.8 Å². The van der Waals surface area contributed by atoms with E-state index in [2.05, 4.69) is 38.9 Å². The van der Waals surface area contributed by atoms with Gasteiger partial charge < -0.3 is 49.6 Å². The first-order chi connectivity index (χ1) is 27.0. The zero-order valence-corrected chi connectivity index (χ0v) is 35.2. The molecule has 15 nitrogen and oxygen atoms in total. The summed E-state index contributed by atoms with van der Waals surface area (Å²) in [7, 11) is 5.40. The number of aromatic nitrogens is 2. The molecule has 4 N–H and O–H groups in total. The van der Waals surface area contributed by atoms with Crippen molar-refractivity contribution in [3.8, 4) is 11.1 Å². The number of ether oxygens (including phenoxy) is 5. The van der Waals surface area contributed by atoms with Crippen molar-refractivity contribution in [2.45, 2.75) is 134 Å². The van der Waals surface area contributed by atoms with Crippen LogP contribution in [0.4, 0.5) is 4.79 Å². The third-order valence-corrected chi connectivity index (χ3v) is 12.2. The van der Waals surface area contributed by atoms with Gasteiger partial charge in [-0.25, -0.2) is 14.8 Å². The maximum atomic E-state index is 14.4. The average molecular weight is 797 g/mol. The molecule has 3 saturated heterocycles. The van der Waals surface area contributed by atoms with Crippen LogP contribution in [0.15, 0.2) is 43.0 Å². The van der Waals surface area contributed by atoms with Crippen molar-refractivity contribution in [1.82, 2.24) is 30.8 Å². The number of nitrogens with zero attached hydrogens (tertiary/aromatic N) is 3. The second-order valence-electron chi connectivity index (χ2n) is 16.9. The summed E-state index contributed by atoms with van der Waals surface area (Å²) >= 11 is 0. The van der Waals surface area contributed by atoms with E-state index in [0.717, 1.165) is 16.7 Å². The summed E-state index contributed by atoms with van der Waals surface area (Å²) in [6.07, 6.45) is 1.57. The van der Waals surface area contributed by atoms with Crippen LogP contribution in [0.3, 0.4) is 0 Å². The van der Waals surface area contributed by atoms with Gasteiger partial charge in [0.2, 0.25) is 0 Å². The SMILES string of the molecule is CC[C@@H]1OC(=O)C(C)C(=O)[C@H](C)[C@@H](O[C@@H]2O[C@H](CNCc3cccc(-c4cncnc4)c3)CC(N(C)C)C2O)[C@](C)(OC)C[C@@H](C)CN[C@H](C)[C@H]2NC(=O)O[C@]12C. The van der Waals surface area contributed by atoms with E-state index in [-0.39, 0.29) is 24.1 Å². The molecule has 3 unspecified atom stereocenters. The smallest absolute Gasteiger partial charge is 0.408 e. The predicted molar refractivity (Wildman–Crippen MR) is 213 cm³/mol. The van der Waals surface area contributed by atoms with Crippen LogP contribution in [0.25, 0.3) is 11.1 Å². The minimum atomic E-state index is -1.18. The number of aliphatic hydroxyl groups excluding tert-OH is 1. The van der Waals surface area contributed by atoms with Gasteiger partial charge in [-0.3, -0.25) is 9.59 Å². The lowest BCUT2D eigenvalue weighted by atomic mass is 9.78. The molecule has 1 aromatic heterocycles. The van der Waals surface area contributed by atoms with Gasteiger partial charge in [-0.15, -0.1) is 0 Å². The number of alkyl carbamates (subject to hydrolysis) is 1. The molecule has 0 bridgehead atoms. The Bertz CT molecular complexity index is 1670. The van der Waals surface area contributed by atoms with Crippen molar-refractivity contribution in [3.05, 3.63) is 48.5 Å². The van der Waals surface area contributed by atoms with Gasteiger partial charge in [-0.1, -0.05) is 39.0 Å². The number of nitrogens with one attached hydrogen (secondary N) is 3. The fourth-order valence-corrected chi connectivity index (χ4v) is 8.84. The maximum Gasteiger partial charge on any atom is 0.408 e. The van der Waals surface area contributed by atoms with Crippen LogP contribution >= 0.6 is 0 Å². The van der Waals surface area contributed by atoms with Gasteiger partial charge in [0.05, 0.1) is 23.9 Å². The minimum Gasteiger partial charge on any atom is -0.458 e. The van der Waals surface area contributed by atoms with Crippen LogP contribution in [-0.4, -0.2) is 132 Å². The molecule has 3 aliphatic heterocycles. The first-order valence-corrected chi connectivity index (χ1v) is 20.2. The highest BCUT2D eigenvalue weighted by Crippen LogP contribution is 2.38. The summed E-state index contributed by atoms with van der Waals surface area (Å²) < 4.78 is 31.4. The Labute approximate surface area is 337 Å². The highest BCUT2D eigenvalue weighted by Gasteiger charge is 2.55. The number of methoxy groups -OCH3 is 1. The normalized spacial score (nSPS) is 37.1. The molecule has 0 saturated carbocycles. The van der Waals surface area contributed by atoms with Gasteiger partial charge in [0, 0.05) is 56.2 Å². The molecular weight excluding hydrogens is 732 g/mol. The van der Waals surface area contributed by atoms with Crippen LogP contribution in [0.1, 0.15) is 73.3 Å². The van der Waals surface area contributed by atoms with E-state index < -0.39 is 71.5 Å². The van der Waals surface area contributed by atoms with Gasteiger partial charge in [-0.05, 0) is 90.7 Å². The number of likely N-dealkylation sites (N-methyl/N-ethyl adjacent to an activating group) is 1. The number of esters is 1. The Morgan fingerprint density at radius 1 is 1.07 bits per heavy atom. The Kier molecular flexibility index (Phi) is 14.8. The lowest BCUT2D eigenvalue weighted by molar-refractivity contribution is -0.297. The number of fused-ring (bicyclic) bond motifs is 1. The molecule has 3 fully saturated rings.